The molecule has 27 heavy (non-hydrogen) atoms. The predicted molar refractivity (Wildman–Crippen MR) is 116 cm³/mol. The molecular weight excluding hydrogens is 459 g/mol. The van der Waals surface area contributed by atoms with Crippen LogP contribution in [0.4, 0.5) is 11.8 Å². The number of unbranched alkanes of at least 4 members (excludes halogenated alkanes) is 2. The van der Waals surface area contributed by atoms with Crippen LogP contribution in [0.1, 0.15) is 57.4 Å². The van der Waals surface area contributed by atoms with E-state index >= 15 is 0 Å². The number of hydrogen-bond donors (Lipinski definition) is 3. The zero-order valence-corrected chi connectivity index (χ0v) is 17.6. The number of aromatic amines is 1. The van der Waals surface area contributed by atoms with Gasteiger partial charge in [0.1, 0.15) is 28.8 Å². The van der Waals surface area contributed by atoms with E-state index in [2.05, 4.69) is 32.4 Å². The maximum atomic E-state index is 12.6. The molecule has 0 spiro atoms. The predicted octanol–water partition coefficient (Wildman–Crippen LogP) is 3.71. The van der Waals surface area contributed by atoms with Crippen molar-refractivity contribution >= 4 is 51.5 Å². The molecule has 0 unspecified atom stereocenters. The highest BCUT2D eigenvalue weighted by atomic mass is 127. The molecule has 1 fully saturated rings. The monoisotopic (exact) mass is 484 g/mol. The van der Waals surface area contributed by atoms with Gasteiger partial charge in [0, 0.05) is 5.71 Å². The standard InChI is InChI=1S/C18H25IN6O2/c1-2-3-4-5-11-10-14(20)21-16-15(11)17(26)23-18(22-16)25-24-12-6-8-13(27-19)9-7-12/h10,13H,2-9H2,1H3,(H4,20,21,22,23,25,26). The van der Waals surface area contributed by atoms with E-state index in [9.17, 15) is 4.79 Å². The highest BCUT2D eigenvalue weighted by Gasteiger charge is 2.18. The number of halogens is 1. The number of H-pyrrole nitrogens is 1. The van der Waals surface area contributed by atoms with Crippen LogP contribution in [0.3, 0.4) is 0 Å². The SMILES string of the molecule is CCCCCc1cc(N)nc2nc(NN=C3CCC(OI)CC3)[nH]c(=O)c12. The molecule has 2 heterocycles. The van der Waals surface area contributed by atoms with Crippen LogP contribution >= 0.6 is 23.0 Å². The number of pyridine rings is 1. The van der Waals surface area contributed by atoms with E-state index in [-0.39, 0.29) is 11.5 Å². The molecule has 1 aliphatic carbocycles. The topological polar surface area (TPSA) is 118 Å². The van der Waals surface area contributed by atoms with E-state index in [1.165, 1.54) is 0 Å². The summed E-state index contributed by atoms with van der Waals surface area (Å²) >= 11 is 1.95. The Morgan fingerprint density at radius 2 is 2.15 bits per heavy atom. The lowest BCUT2D eigenvalue weighted by Gasteiger charge is -2.20. The number of aromatic nitrogens is 3. The fourth-order valence-electron chi connectivity index (χ4n) is 3.31. The van der Waals surface area contributed by atoms with Gasteiger partial charge in [-0.3, -0.25) is 9.78 Å². The Morgan fingerprint density at radius 1 is 1.37 bits per heavy atom. The number of nitrogens with one attached hydrogen (secondary N) is 2. The molecule has 0 amide bonds. The number of nitrogen functional groups attached to an aromatic ring is 1. The van der Waals surface area contributed by atoms with Crippen molar-refractivity contribution in [2.45, 2.75) is 64.4 Å². The van der Waals surface area contributed by atoms with Crippen LogP contribution < -0.4 is 16.7 Å². The van der Waals surface area contributed by atoms with Crippen molar-refractivity contribution in [3.63, 3.8) is 0 Å². The summed E-state index contributed by atoms with van der Waals surface area (Å²) in [6.07, 6.45) is 7.94. The molecule has 1 aliphatic rings. The maximum absolute atomic E-state index is 12.6. The Bertz CT molecular complexity index is 872. The number of fused-ring (bicyclic) bond motifs is 1. The third-order valence-corrected chi connectivity index (χ3v) is 5.50. The fraction of sp³-hybridized carbons (Fsp3) is 0.556. The Kier molecular flexibility index (Phi) is 7.00. The molecule has 0 atom stereocenters. The van der Waals surface area contributed by atoms with Crippen LogP contribution in [0, 0.1) is 0 Å². The van der Waals surface area contributed by atoms with Gasteiger partial charge in [-0.25, -0.2) is 10.4 Å². The first-order valence-electron chi connectivity index (χ1n) is 9.39. The van der Waals surface area contributed by atoms with Gasteiger partial charge in [-0.15, -0.1) is 0 Å². The number of nitrogens with zero attached hydrogens (tertiary/aromatic N) is 3. The van der Waals surface area contributed by atoms with Crippen molar-refractivity contribution in [3.8, 4) is 0 Å². The lowest BCUT2D eigenvalue weighted by atomic mass is 9.96. The van der Waals surface area contributed by atoms with E-state index in [1.807, 2.05) is 23.0 Å². The molecular formula is C18H25IN6O2. The summed E-state index contributed by atoms with van der Waals surface area (Å²) in [6, 6.07) is 1.77. The van der Waals surface area contributed by atoms with Crippen LogP contribution in [-0.4, -0.2) is 26.8 Å². The Morgan fingerprint density at radius 3 is 2.85 bits per heavy atom. The third kappa shape index (κ3) is 5.16. The molecule has 9 heteroatoms. The number of hydrogen-bond acceptors (Lipinski definition) is 7. The van der Waals surface area contributed by atoms with Crippen molar-refractivity contribution in [2.75, 3.05) is 11.2 Å². The summed E-state index contributed by atoms with van der Waals surface area (Å²) < 4.78 is 5.34. The summed E-state index contributed by atoms with van der Waals surface area (Å²) in [5.74, 6) is 0.659. The van der Waals surface area contributed by atoms with Gasteiger partial charge in [-0.1, -0.05) is 19.8 Å². The largest absolute Gasteiger partial charge is 0.384 e. The van der Waals surface area contributed by atoms with Crippen LogP contribution in [0.2, 0.25) is 0 Å². The normalized spacial score (nSPS) is 17.3. The molecule has 0 aromatic carbocycles. The summed E-state index contributed by atoms with van der Waals surface area (Å²) in [5, 5.41) is 4.90. The summed E-state index contributed by atoms with van der Waals surface area (Å²) in [6.45, 7) is 2.15. The Balaban J connectivity index is 1.81. The van der Waals surface area contributed by atoms with Gasteiger partial charge < -0.3 is 8.80 Å². The van der Waals surface area contributed by atoms with Crippen molar-refractivity contribution in [2.24, 2.45) is 5.10 Å². The molecule has 2 aromatic heterocycles. The van der Waals surface area contributed by atoms with Crippen LogP contribution in [0.5, 0.6) is 0 Å². The van der Waals surface area contributed by atoms with Gasteiger partial charge in [0.25, 0.3) is 5.56 Å². The Hall–Kier alpha value is -1.75. The number of rotatable bonds is 7. The summed E-state index contributed by atoms with van der Waals surface area (Å²) in [5.41, 5.74) is 10.9. The average molecular weight is 484 g/mol. The molecule has 1 saturated carbocycles. The van der Waals surface area contributed by atoms with Crippen molar-refractivity contribution in [1.29, 1.82) is 0 Å². The Labute approximate surface area is 172 Å². The van der Waals surface area contributed by atoms with Crippen LogP contribution in [0.25, 0.3) is 11.0 Å². The summed E-state index contributed by atoms with van der Waals surface area (Å²) in [4.78, 5) is 24.0. The molecule has 146 valence electrons. The second-order valence-corrected chi connectivity index (χ2v) is 7.36. The first kappa shape index (κ1) is 20.0. The fourth-order valence-corrected chi connectivity index (χ4v) is 3.82. The second-order valence-electron chi connectivity index (χ2n) is 6.85. The molecule has 4 N–H and O–H groups in total. The van der Waals surface area contributed by atoms with E-state index in [4.69, 9.17) is 8.80 Å². The molecule has 2 aromatic rings. The number of hydrazone groups is 1. The smallest absolute Gasteiger partial charge is 0.262 e. The lowest BCUT2D eigenvalue weighted by Crippen LogP contribution is -2.20. The van der Waals surface area contributed by atoms with Crippen molar-refractivity contribution in [1.82, 2.24) is 15.0 Å². The van der Waals surface area contributed by atoms with E-state index in [1.54, 1.807) is 6.07 Å². The molecule has 0 bridgehead atoms. The first-order valence-corrected chi connectivity index (χ1v) is 10.3. The highest BCUT2D eigenvalue weighted by Crippen LogP contribution is 2.21. The zero-order chi connectivity index (χ0) is 19.2. The minimum absolute atomic E-state index is 0.219. The summed E-state index contributed by atoms with van der Waals surface area (Å²) in [7, 11) is 0. The van der Waals surface area contributed by atoms with Gasteiger partial charge >= 0.3 is 0 Å². The first-order chi connectivity index (χ1) is 13.1. The van der Waals surface area contributed by atoms with E-state index in [0.717, 1.165) is 62.6 Å². The zero-order valence-electron chi connectivity index (χ0n) is 15.4. The van der Waals surface area contributed by atoms with Gasteiger partial charge in [0.05, 0.1) is 11.5 Å². The molecule has 8 nitrogen and oxygen atoms in total. The average Bonchev–Trinajstić information content (AvgIpc) is 2.66. The van der Waals surface area contributed by atoms with Crippen LogP contribution in [-0.2, 0) is 9.49 Å². The molecule has 0 aliphatic heterocycles. The maximum Gasteiger partial charge on any atom is 0.262 e. The lowest BCUT2D eigenvalue weighted by molar-refractivity contribution is 0.249. The van der Waals surface area contributed by atoms with Gasteiger partial charge in [0.2, 0.25) is 5.95 Å². The number of anilines is 2. The van der Waals surface area contributed by atoms with Gasteiger partial charge in [-0.05, 0) is 50.2 Å². The van der Waals surface area contributed by atoms with Crippen molar-refractivity contribution in [3.05, 3.63) is 22.0 Å². The van der Waals surface area contributed by atoms with E-state index < -0.39 is 0 Å². The quantitative estimate of drug-likeness (QED) is 0.313. The molecule has 3 rings (SSSR count). The minimum Gasteiger partial charge on any atom is -0.384 e. The van der Waals surface area contributed by atoms with E-state index in [0.29, 0.717) is 23.0 Å². The molecule has 0 saturated heterocycles. The van der Waals surface area contributed by atoms with Crippen LogP contribution in [0.15, 0.2) is 16.0 Å². The second kappa shape index (κ2) is 9.45. The minimum atomic E-state index is -0.219. The van der Waals surface area contributed by atoms with Gasteiger partial charge in [-0.2, -0.15) is 10.1 Å². The molecule has 0 radical (unpaired) electrons. The highest BCUT2D eigenvalue weighted by molar-refractivity contribution is 14.1. The van der Waals surface area contributed by atoms with Crippen molar-refractivity contribution < 1.29 is 3.07 Å². The third-order valence-electron chi connectivity index (χ3n) is 4.78. The van der Waals surface area contributed by atoms with Gasteiger partial charge in [0.15, 0.2) is 5.65 Å². The number of aryl methyl sites for hydroxylation is 1. The number of nitrogens with two attached hydrogens (primary N) is 1.